The van der Waals surface area contributed by atoms with Gasteiger partial charge in [-0.15, -0.1) is 5.10 Å². The molecule has 0 spiro atoms. The van der Waals surface area contributed by atoms with Gasteiger partial charge in [0, 0.05) is 29.4 Å². The Bertz CT molecular complexity index is 1240. The Balaban J connectivity index is 2.05. The van der Waals surface area contributed by atoms with Crippen LogP contribution in [-0.4, -0.2) is 45.8 Å². The van der Waals surface area contributed by atoms with Crippen LogP contribution in [0.3, 0.4) is 0 Å². The SMILES string of the molecule is CCCC(=O)OCn1nc(OC)sc1=NC(=O)c1cnc(C)cc1-c1cc(Cl)ncc1OC. The fourth-order valence-corrected chi connectivity index (χ4v) is 3.70. The highest BCUT2D eigenvalue weighted by Crippen LogP contribution is 2.34. The minimum Gasteiger partial charge on any atom is -0.494 e. The molecule has 0 bridgehead atoms. The Morgan fingerprint density at radius 1 is 1.15 bits per heavy atom. The van der Waals surface area contributed by atoms with Gasteiger partial charge in [-0.2, -0.15) is 9.67 Å². The topological polar surface area (TPSA) is 118 Å². The summed E-state index contributed by atoms with van der Waals surface area (Å²) in [5.41, 5.74) is 2.02. The zero-order valence-corrected chi connectivity index (χ0v) is 20.1. The Labute approximate surface area is 198 Å². The van der Waals surface area contributed by atoms with E-state index in [9.17, 15) is 9.59 Å². The number of nitrogens with zero attached hydrogens (tertiary/aromatic N) is 5. The molecule has 174 valence electrons. The second-order valence-corrected chi connectivity index (χ2v) is 8.05. The maximum absolute atomic E-state index is 13.2. The number of ether oxygens (including phenoxy) is 3. The van der Waals surface area contributed by atoms with Crippen LogP contribution in [0.5, 0.6) is 10.9 Å². The molecule has 3 heterocycles. The molecule has 33 heavy (non-hydrogen) atoms. The molecule has 1 amide bonds. The van der Waals surface area contributed by atoms with Crippen molar-refractivity contribution in [2.24, 2.45) is 4.99 Å². The first kappa shape index (κ1) is 24.3. The molecule has 0 aliphatic rings. The minimum atomic E-state index is -0.576. The van der Waals surface area contributed by atoms with Crippen LogP contribution in [0.15, 0.2) is 29.5 Å². The van der Waals surface area contributed by atoms with E-state index in [-0.39, 0.29) is 39.8 Å². The van der Waals surface area contributed by atoms with Gasteiger partial charge in [-0.3, -0.25) is 14.6 Å². The van der Waals surface area contributed by atoms with Crippen LogP contribution in [0.4, 0.5) is 0 Å². The molecule has 0 aliphatic heterocycles. The Kier molecular flexibility index (Phi) is 8.12. The molecule has 12 heteroatoms. The van der Waals surface area contributed by atoms with Crippen molar-refractivity contribution >= 4 is 34.8 Å². The van der Waals surface area contributed by atoms with Crippen LogP contribution < -0.4 is 14.3 Å². The molecular formula is C21H22ClN5O5S. The van der Waals surface area contributed by atoms with Gasteiger partial charge in [0.25, 0.3) is 11.1 Å². The van der Waals surface area contributed by atoms with Crippen molar-refractivity contribution in [1.82, 2.24) is 19.7 Å². The van der Waals surface area contributed by atoms with E-state index in [0.29, 0.717) is 29.0 Å². The molecule has 10 nitrogen and oxygen atoms in total. The number of methoxy groups -OCH3 is 2. The van der Waals surface area contributed by atoms with E-state index in [1.807, 2.05) is 6.92 Å². The molecular weight excluding hydrogens is 470 g/mol. The largest absolute Gasteiger partial charge is 0.494 e. The van der Waals surface area contributed by atoms with Crippen LogP contribution in [0.1, 0.15) is 35.8 Å². The minimum absolute atomic E-state index is 0.197. The van der Waals surface area contributed by atoms with Gasteiger partial charge >= 0.3 is 5.97 Å². The first-order chi connectivity index (χ1) is 15.9. The average molecular weight is 492 g/mol. The molecule has 3 rings (SSSR count). The molecule has 0 unspecified atom stereocenters. The van der Waals surface area contributed by atoms with Gasteiger partial charge in [-0.25, -0.2) is 4.98 Å². The third-order valence-corrected chi connectivity index (χ3v) is 5.50. The van der Waals surface area contributed by atoms with Gasteiger partial charge in [0.15, 0.2) is 6.73 Å². The lowest BCUT2D eigenvalue weighted by atomic mass is 10.0. The van der Waals surface area contributed by atoms with Gasteiger partial charge in [-0.05, 0) is 36.8 Å². The lowest BCUT2D eigenvalue weighted by Crippen LogP contribution is -2.22. The zero-order chi connectivity index (χ0) is 24.0. The van der Waals surface area contributed by atoms with Crippen molar-refractivity contribution < 1.29 is 23.8 Å². The van der Waals surface area contributed by atoms with Crippen molar-refractivity contribution in [2.45, 2.75) is 33.4 Å². The second kappa shape index (κ2) is 11.0. The predicted molar refractivity (Wildman–Crippen MR) is 121 cm³/mol. The quantitative estimate of drug-likeness (QED) is 0.347. The summed E-state index contributed by atoms with van der Waals surface area (Å²) in [6.07, 6.45) is 3.85. The van der Waals surface area contributed by atoms with Crippen molar-refractivity contribution in [3.8, 4) is 22.1 Å². The lowest BCUT2D eigenvalue weighted by molar-refractivity contribution is -0.148. The van der Waals surface area contributed by atoms with E-state index in [4.69, 9.17) is 25.8 Å². The number of halogens is 1. The normalized spacial score (nSPS) is 11.4. The van der Waals surface area contributed by atoms with Gasteiger partial charge in [0.2, 0.25) is 4.80 Å². The van der Waals surface area contributed by atoms with Gasteiger partial charge in [0.1, 0.15) is 10.9 Å². The standard InChI is InChI=1S/C21H22ClN5O5S/c1-5-6-18(28)32-11-27-20(33-21(26-27)31-4)25-19(29)15-9-23-12(2)7-13(15)14-8-17(22)24-10-16(14)30-3/h7-10H,5-6,11H2,1-4H3. The van der Waals surface area contributed by atoms with E-state index < -0.39 is 5.91 Å². The average Bonchev–Trinajstić information content (AvgIpc) is 3.19. The zero-order valence-electron chi connectivity index (χ0n) is 18.5. The van der Waals surface area contributed by atoms with E-state index >= 15 is 0 Å². The summed E-state index contributed by atoms with van der Waals surface area (Å²) in [4.78, 5) is 37.6. The third kappa shape index (κ3) is 5.93. The van der Waals surface area contributed by atoms with Crippen LogP contribution >= 0.6 is 22.9 Å². The van der Waals surface area contributed by atoms with Gasteiger partial charge in [-0.1, -0.05) is 18.5 Å². The van der Waals surface area contributed by atoms with Crippen LogP contribution in [0.25, 0.3) is 11.1 Å². The number of amides is 1. The number of hydrogen-bond acceptors (Lipinski definition) is 9. The molecule has 0 saturated carbocycles. The summed E-state index contributed by atoms with van der Waals surface area (Å²) in [6.45, 7) is 3.48. The Hall–Kier alpha value is -3.31. The maximum atomic E-state index is 13.2. The summed E-state index contributed by atoms with van der Waals surface area (Å²) in [6, 6.07) is 3.35. The first-order valence-corrected chi connectivity index (χ1v) is 11.1. The predicted octanol–water partition coefficient (Wildman–Crippen LogP) is 3.42. The molecule has 0 radical (unpaired) electrons. The highest BCUT2D eigenvalue weighted by Gasteiger charge is 2.19. The van der Waals surface area contributed by atoms with E-state index in [2.05, 4.69) is 20.1 Å². The monoisotopic (exact) mass is 491 g/mol. The van der Waals surface area contributed by atoms with Crippen molar-refractivity contribution in [3.63, 3.8) is 0 Å². The molecule has 0 saturated heterocycles. The number of aromatic nitrogens is 4. The van der Waals surface area contributed by atoms with E-state index in [1.54, 1.807) is 19.1 Å². The highest BCUT2D eigenvalue weighted by atomic mass is 35.5. The molecule has 0 aromatic carbocycles. The van der Waals surface area contributed by atoms with Crippen molar-refractivity contribution in [2.75, 3.05) is 14.2 Å². The molecule has 0 aliphatic carbocycles. The smallest absolute Gasteiger partial charge is 0.307 e. The number of rotatable bonds is 8. The maximum Gasteiger partial charge on any atom is 0.307 e. The number of pyridine rings is 2. The highest BCUT2D eigenvalue weighted by molar-refractivity contribution is 7.10. The number of aryl methyl sites for hydroxylation is 1. The van der Waals surface area contributed by atoms with Crippen molar-refractivity contribution in [3.05, 3.63) is 45.7 Å². The summed E-state index contributed by atoms with van der Waals surface area (Å²) in [5, 5.41) is 4.68. The molecule has 0 N–H and O–H groups in total. The van der Waals surface area contributed by atoms with E-state index in [0.717, 1.165) is 11.3 Å². The fourth-order valence-electron chi connectivity index (χ4n) is 2.84. The Morgan fingerprint density at radius 2 is 1.94 bits per heavy atom. The van der Waals surface area contributed by atoms with Crippen LogP contribution in [-0.2, 0) is 16.3 Å². The van der Waals surface area contributed by atoms with Gasteiger partial charge < -0.3 is 14.2 Å². The summed E-state index contributed by atoms with van der Waals surface area (Å²) < 4.78 is 17.0. The number of carbonyl (C=O) groups excluding carboxylic acids is 2. The summed E-state index contributed by atoms with van der Waals surface area (Å²) in [7, 11) is 2.94. The molecule has 3 aromatic rings. The van der Waals surface area contributed by atoms with Crippen molar-refractivity contribution in [1.29, 1.82) is 0 Å². The third-order valence-electron chi connectivity index (χ3n) is 4.39. The van der Waals surface area contributed by atoms with Crippen LogP contribution in [0.2, 0.25) is 5.15 Å². The molecule has 0 fully saturated rings. The number of esters is 1. The summed E-state index contributed by atoms with van der Waals surface area (Å²) in [5.74, 6) is -0.509. The summed E-state index contributed by atoms with van der Waals surface area (Å²) >= 11 is 7.13. The second-order valence-electron chi connectivity index (χ2n) is 6.75. The Morgan fingerprint density at radius 3 is 2.64 bits per heavy atom. The number of carbonyl (C=O) groups is 2. The first-order valence-electron chi connectivity index (χ1n) is 9.89. The number of hydrogen-bond donors (Lipinski definition) is 0. The van der Waals surface area contributed by atoms with Gasteiger partial charge in [0.05, 0.1) is 26.0 Å². The molecule has 3 aromatic heterocycles. The lowest BCUT2D eigenvalue weighted by Gasteiger charge is -2.12. The fraction of sp³-hybridized carbons (Fsp3) is 0.333. The van der Waals surface area contributed by atoms with Crippen LogP contribution in [0, 0.1) is 6.92 Å². The molecule has 0 atom stereocenters. The van der Waals surface area contributed by atoms with E-state index in [1.165, 1.54) is 31.3 Å².